The molecule has 0 aliphatic rings. The highest BCUT2D eigenvalue weighted by Gasteiger charge is 2.09. The summed E-state index contributed by atoms with van der Waals surface area (Å²) in [6.07, 6.45) is 3.83. The zero-order chi connectivity index (χ0) is 13.1. The van der Waals surface area contributed by atoms with E-state index >= 15 is 0 Å². The van der Waals surface area contributed by atoms with E-state index < -0.39 is 4.92 Å². The van der Waals surface area contributed by atoms with Crippen LogP contribution in [0.25, 0.3) is 0 Å². The number of halogens is 1. The predicted octanol–water partition coefficient (Wildman–Crippen LogP) is 2.56. The van der Waals surface area contributed by atoms with E-state index in [1.165, 1.54) is 12.1 Å². The van der Waals surface area contributed by atoms with Crippen molar-refractivity contribution in [1.29, 1.82) is 0 Å². The third-order valence-corrected chi connectivity index (χ3v) is 3.00. The van der Waals surface area contributed by atoms with Crippen LogP contribution < -0.4 is 5.73 Å². The first kappa shape index (κ1) is 12.6. The van der Waals surface area contributed by atoms with Gasteiger partial charge in [0.15, 0.2) is 0 Å². The molecular formula is C12H12ClN3O2. The summed E-state index contributed by atoms with van der Waals surface area (Å²) in [5.41, 5.74) is 7.39. The molecule has 0 saturated carbocycles. The molecule has 0 radical (unpaired) electrons. The van der Waals surface area contributed by atoms with Gasteiger partial charge in [-0.25, -0.2) is 0 Å². The summed E-state index contributed by atoms with van der Waals surface area (Å²) in [5, 5.41) is 11.0. The number of hydrogen-bond acceptors (Lipinski definition) is 3. The lowest BCUT2D eigenvalue weighted by Gasteiger charge is -2.05. The molecule has 2 aromatic rings. The molecule has 0 fully saturated rings. The fraction of sp³-hybridized carbons (Fsp3) is 0.167. The van der Waals surface area contributed by atoms with Crippen LogP contribution in [-0.4, -0.2) is 9.49 Å². The number of benzene rings is 1. The molecule has 0 aliphatic carbocycles. The molecule has 1 heterocycles. The van der Waals surface area contributed by atoms with E-state index in [0.717, 1.165) is 11.1 Å². The largest absolute Gasteiger partial charge is 0.350 e. The Kier molecular flexibility index (Phi) is 3.64. The summed E-state index contributed by atoms with van der Waals surface area (Å²) >= 11 is 6.02. The highest BCUT2D eigenvalue weighted by molar-refractivity contribution is 6.31. The van der Waals surface area contributed by atoms with Gasteiger partial charge in [-0.3, -0.25) is 10.1 Å². The molecule has 0 bridgehead atoms. The van der Waals surface area contributed by atoms with Crippen molar-refractivity contribution in [3.63, 3.8) is 0 Å². The van der Waals surface area contributed by atoms with Crippen LogP contribution in [0.4, 0.5) is 5.69 Å². The number of nitro benzene ring substituents is 1. The number of rotatable bonds is 4. The van der Waals surface area contributed by atoms with Crippen LogP contribution in [0.15, 0.2) is 36.7 Å². The fourth-order valence-electron chi connectivity index (χ4n) is 1.68. The number of hydrogen-bond donors (Lipinski definition) is 1. The summed E-state index contributed by atoms with van der Waals surface area (Å²) in [4.78, 5) is 10.1. The van der Waals surface area contributed by atoms with Crippen molar-refractivity contribution in [3.05, 3.63) is 62.9 Å². The quantitative estimate of drug-likeness (QED) is 0.682. The van der Waals surface area contributed by atoms with E-state index in [0.29, 0.717) is 18.1 Å². The monoisotopic (exact) mass is 265 g/mol. The van der Waals surface area contributed by atoms with Gasteiger partial charge in [0.2, 0.25) is 0 Å². The summed E-state index contributed by atoms with van der Waals surface area (Å²) < 4.78 is 1.94. The van der Waals surface area contributed by atoms with Gasteiger partial charge in [-0.05, 0) is 23.3 Å². The molecule has 1 aromatic heterocycles. The Hall–Kier alpha value is -1.85. The lowest BCUT2D eigenvalue weighted by molar-refractivity contribution is -0.384. The van der Waals surface area contributed by atoms with Crippen LogP contribution in [-0.2, 0) is 13.1 Å². The lowest BCUT2D eigenvalue weighted by Crippen LogP contribution is -1.99. The van der Waals surface area contributed by atoms with Gasteiger partial charge >= 0.3 is 0 Å². The van der Waals surface area contributed by atoms with E-state index in [1.807, 2.05) is 23.0 Å². The van der Waals surface area contributed by atoms with Crippen LogP contribution >= 0.6 is 11.6 Å². The summed E-state index contributed by atoms with van der Waals surface area (Å²) in [6, 6.07) is 6.42. The number of nitrogens with two attached hydrogens (primary N) is 1. The first-order valence-electron chi connectivity index (χ1n) is 5.37. The average molecular weight is 266 g/mol. The molecule has 2 rings (SSSR count). The second-order valence-corrected chi connectivity index (χ2v) is 4.34. The third kappa shape index (κ3) is 2.69. The van der Waals surface area contributed by atoms with Crippen molar-refractivity contribution in [2.24, 2.45) is 5.73 Å². The highest BCUT2D eigenvalue weighted by Crippen LogP contribution is 2.23. The second-order valence-electron chi connectivity index (χ2n) is 3.93. The van der Waals surface area contributed by atoms with Gasteiger partial charge in [0.1, 0.15) is 0 Å². The molecule has 1 aromatic carbocycles. The molecule has 0 spiro atoms. The minimum atomic E-state index is -0.460. The molecule has 94 valence electrons. The van der Waals surface area contributed by atoms with Gasteiger partial charge in [0.25, 0.3) is 5.69 Å². The molecule has 0 atom stereocenters. The summed E-state index contributed by atoms with van der Waals surface area (Å²) in [6.45, 7) is 1.05. The maximum Gasteiger partial charge on any atom is 0.270 e. The predicted molar refractivity (Wildman–Crippen MR) is 69.5 cm³/mol. The molecule has 0 unspecified atom stereocenters. The normalized spacial score (nSPS) is 10.6. The van der Waals surface area contributed by atoms with Crippen molar-refractivity contribution >= 4 is 17.3 Å². The molecular weight excluding hydrogens is 254 g/mol. The third-order valence-electron chi connectivity index (χ3n) is 2.65. The van der Waals surface area contributed by atoms with Gasteiger partial charge < -0.3 is 10.3 Å². The molecule has 2 N–H and O–H groups in total. The SMILES string of the molecule is NCc1ccn(Cc2ccc([N+](=O)[O-])cc2Cl)c1. The molecule has 0 saturated heterocycles. The first-order valence-corrected chi connectivity index (χ1v) is 5.75. The average Bonchev–Trinajstić information content (AvgIpc) is 2.79. The molecule has 6 heteroatoms. The van der Waals surface area contributed by atoms with Crippen molar-refractivity contribution in [1.82, 2.24) is 4.57 Å². The van der Waals surface area contributed by atoms with Gasteiger partial charge in [0.05, 0.1) is 9.95 Å². The summed E-state index contributed by atoms with van der Waals surface area (Å²) in [5.74, 6) is 0. The van der Waals surface area contributed by atoms with Crippen LogP contribution in [0, 0.1) is 10.1 Å². The molecule has 5 nitrogen and oxygen atoms in total. The Bertz CT molecular complexity index is 580. The van der Waals surface area contributed by atoms with Crippen molar-refractivity contribution < 1.29 is 4.92 Å². The van der Waals surface area contributed by atoms with Crippen LogP contribution in [0.2, 0.25) is 5.02 Å². The van der Waals surface area contributed by atoms with E-state index in [-0.39, 0.29) is 5.69 Å². The van der Waals surface area contributed by atoms with Crippen LogP contribution in [0.3, 0.4) is 0 Å². The minimum Gasteiger partial charge on any atom is -0.350 e. The van der Waals surface area contributed by atoms with E-state index in [2.05, 4.69) is 0 Å². The zero-order valence-electron chi connectivity index (χ0n) is 9.54. The number of nitro groups is 1. The standard InChI is InChI=1S/C12H12ClN3O2/c13-12-5-11(16(17)18)2-1-10(12)8-15-4-3-9(6-14)7-15/h1-5,7H,6,8,14H2. The lowest BCUT2D eigenvalue weighted by atomic mass is 10.2. The Balaban J connectivity index is 2.21. The van der Waals surface area contributed by atoms with Gasteiger partial charge in [-0.1, -0.05) is 11.6 Å². The van der Waals surface area contributed by atoms with Gasteiger partial charge in [0, 0.05) is 37.6 Å². The maximum atomic E-state index is 10.6. The van der Waals surface area contributed by atoms with Crippen molar-refractivity contribution in [2.45, 2.75) is 13.1 Å². The Morgan fingerprint density at radius 3 is 2.72 bits per heavy atom. The van der Waals surface area contributed by atoms with Crippen molar-refractivity contribution in [2.75, 3.05) is 0 Å². The van der Waals surface area contributed by atoms with E-state index in [4.69, 9.17) is 17.3 Å². The van der Waals surface area contributed by atoms with Crippen molar-refractivity contribution in [3.8, 4) is 0 Å². The topological polar surface area (TPSA) is 74.1 Å². The van der Waals surface area contributed by atoms with Gasteiger partial charge in [-0.2, -0.15) is 0 Å². The smallest absolute Gasteiger partial charge is 0.270 e. The molecule has 0 amide bonds. The Labute approximate surface area is 109 Å². The minimum absolute atomic E-state index is 0.00102. The summed E-state index contributed by atoms with van der Waals surface area (Å²) in [7, 11) is 0. The number of non-ortho nitro benzene ring substituents is 1. The maximum absolute atomic E-state index is 10.6. The fourth-order valence-corrected chi connectivity index (χ4v) is 1.92. The van der Waals surface area contributed by atoms with Crippen LogP contribution in [0.5, 0.6) is 0 Å². The Morgan fingerprint density at radius 2 is 2.17 bits per heavy atom. The molecule has 18 heavy (non-hydrogen) atoms. The van der Waals surface area contributed by atoms with Crippen LogP contribution in [0.1, 0.15) is 11.1 Å². The molecule has 0 aliphatic heterocycles. The van der Waals surface area contributed by atoms with E-state index in [9.17, 15) is 10.1 Å². The Morgan fingerprint density at radius 1 is 1.39 bits per heavy atom. The van der Waals surface area contributed by atoms with Gasteiger partial charge in [-0.15, -0.1) is 0 Å². The first-order chi connectivity index (χ1) is 8.60. The number of aromatic nitrogens is 1. The van der Waals surface area contributed by atoms with E-state index in [1.54, 1.807) is 6.07 Å². The number of nitrogens with zero attached hydrogens (tertiary/aromatic N) is 2. The second kappa shape index (κ2) is 5.20. The zero-order valence-corrected chi connectivity index (χ0v) is 10.3. The highest BCUT2D eigenvalue weighted by atomic mass is 35.5.